The molecule has 1 N–H and O–H groups in total. The fraction of sp³-hybridized carbons (Fsp3) is 0.286. The molecule has 0 aliphatic carbocycles. The van der Waals surface area contributed by atoms with Gasteiger partial charge in [-0.25, -0.2) is 4.39 Å². The molecule has 1 atom stereocenters. The first-order chi connectivity index (χ1) is 16.3. The fourth-order valence-corrected chi connectivity index (χ4v) is 3.91. The largest absolute Gasteiger partial charge is 0.354 e. The first-order valence-corrected chi connectivity index (χ1v) is 12.2. The summed E-state index contributed by atoms with van der Waals surface area (Å²) in [5.74, 6) is -0.425. The zero-order valence-corrected chi connectivity index (χ0v) is 21.1. The molecule has 0 bridgehead atoms. The van der Waals surface area contributed by atoms with Gasteiger partial charge in [0.25, 0.3) is 0 Å². The first-order valence-electron chi connectivity index (χ1n) is 11.4. The van der Waals surface area contributed by atoms with E-state index in [0.29, 0.717) is 25.1 Å². The maximum atomic E-state index is 13.6. The average Bonchev–Trinajstić information content (AvgIpc) is 2.83. The maximum absolute atomic E-state index is 13.6. The summed E-state index contributed by atoms with van der Waals surface area (Å²) in [7, 11) is 0. The van der Waals surface area contributed by atoms with E-state index in [9.17, 15) is 14.0 Å². The number of nitrogens with zero attached hydrogens (tertiary/aromatic N) is 1. The van der Waals surface area contributed by atoms with Crippen LogP contribution >= 0.6 is 15.9 Å². The Kier molecular flexibility index (Phi) is 9.40. The summed E-state index contributed by atoms with van der Waals surface area (Å²) < 4.78 is 14.3. The van der Waals surface area contributed by atoms with Gasteiger partial charge < -0.3 is 10.2 Å². The highest BCUT2D eigenvalue weighted by Crippen LogP contribution is 2.18. The minimum atomic E-state index is -0.683. The maximum Gasteiger partial charge on any atom is 0.243 e. The third kappa shape index (κ3) is 7.80. The highest BCUT2D eigenvalue weighted by molar-refractivity contribution is 9.10. The Morgan fingerprint density at radius 1 is 0.882 bits per heavy atom. The van der Waals surface area contributed by atoms with Gasteiger partial charge in [-0.3, -0.25) is 9.59 Å². The van der Waals surface area contributed by atoms with Crippen LogP contribution in [-0.4, -0.2) is 29.3 Å². The predicted molar refractivity (Wildman–Crippen MR) is 137 cm³/mol. The molecule has 6 heteroatoms. The van der Waals surface area contributed by atoms with E-state index in [-0.39, 0.29) is 30.0 Å². The van der Waals surface area contributed by atoms with Crippen LogP contribution in [0.2, 0.25) is 0 Å². The number of nitrogens with one attached hydrogen (secondary N) is 1. The lowest BCUT2D eigenvalue weighted by Gasteiger charge is -2.32. The molecule has 0 saturated carbocycles. The molecule has 0 heterocycles. The molecule has 178 valence electrons. The number of carbonyl (C=O) groups excluding carboxylic acids is 2. The van der Waals surface area contributed by atoms with Crippen molar-refractivity contribution >= 4 is 27.7 Å². The molecule has 34 heavy (non-hydrogen) atoms. The number of carbonyl (C=O) groups is 2. The molecular formula is C28H30BrFN2O2. The van der Waals surface area contributed by atoms with Gasteiger partial charge in [0, 0.05) is 24.0 Å². The SMILES string of the molecule is CC(C)CNC(=O)[C@H](Cc1ccccc1)N(Cc1ccc(Br)cc1)C(=O)Cc1ccc(F)cc1. The van der Waals surface area contributed by atoms with Crippen LogP contribution in [0.3, 0.4) is 0 Å². The highest BCUT2D eigenvalue weighted by Gasteiger charge is 2.30. The van der Waals surface area contributed by atoms with Crippen molar-refractivity contribution in [2.45, 2.75) is 39.3 Å². The second-order valence-corrected chi connectivity index (χ2v) is 9.71. The topological polar surface area (TPSA) is 49.4 Å². The minimum absolute atomic E-state index is 0.0829. The van der Waals surface area contributed by atoms with E-state index in [1.807, 2.05) is 68.4 Å². The van der Waals surface area contributed by atoms with E-state index in [2.05, 4.69) is 21.2 Å². The van der Waals surface area contributed by atoms with Crippen molar-refractivity contribution in [1.29, 1.82) is 0 Å². The number of rotatable bonds is 10. The van der Waals surface area contributed by atoms with Crippen LogP contribution in [0.15, 0.2) is 83.3 Å². The molecule has 0 fully saturated rings. The summed E-state index contributed by atoms with van der Waals surface area (Å²) in [5.41, 5.74) is 2.60. The zero-order valence-electron chi connectivity index (χ0n) is 19.5. The van der Waals surface area contributed by atoms with Gasteiger partial charge in [-0.15, -0.1) is 0 Å². The predicted octanol–water partition coefficient (Wildman–Crippen LogP) is 5.54. The van der Waals surface area contributed by atoms with Crippen molar-refractivity contribution in [1.82, 2.24) is 10.2 Å². The van der Waals surface area contributed by atoms with Gasteiger partial charge in [0.2, 0.25) is 11.8 Å². The lowest BCUT2D eigenvalue weighted by molar-refractivity contribution is -0.140. The van der Waals surface area contributed by atoms with Crippen molar-refractivity contribution in [2.75, 3.05) is 6.54 Å². The van der Waals surface area contributed by atoms with Crippen LogP contribution in [0.5, 0.6) is 0 Å². The quantitative estimate of drug-likeness (QED) is 0.378. The van der Waals surface area contributed by atoms with E-state index in [4.69, 9.17) is 0 Å². The summed E-state index contributed by atoms with van der Waals surface area (Å²) >= 11 is 3.45. The molecule has 0 radical (unpaired) electrons. The Labute approximate surface area is 209 Å². The Balaban J connectivity index is 1.93. The Morgan fingerprint density at radius 2 is 1.50 bits per heavy atom. The Morgan fingerprint density at radius 3 is 2.12 bits per heavy atom. The number of halogens is 2. The van der Waals surface area contributed by atoms with Crippen molar-refractivity contribution < 1.29 is 14.0 Å². The highest BCUT2D eigenvalue weighted by atomic mass is 79.9. The van der Waals surface area contributed by atoms with Gasteiger partial charge in [-0.2, -0.15) is 0 Å². The molecule has 3 aromatic rings. The second-order valence-electron chi connectivity index (χ2n) is 8.80. The summed E-state index contributed by atoms with van der Waals surface area (Å²) in [6, 6.07) is 22.6. The van der Waals surface area contributed by atoms with Crippen LogP contribution in [0.4, 0.5) is 4.39 Å². The third-order valence-electron chi connectivity index (χ3n) is 5.49. The first kappa shape index (κ1) is 25.6. The normalized spacial score (nSPS) is 11.8. The van der Waals surface area contributed by atoms with Gasteiger partial charge >= 0.3 is 0 Å². The molecule has 3 aromatic carbocycles. The van der Waals surface area contributed by atoms with Crippen molar-refractivity contribution in [3.63, 3.8) is 0 Å². The van der Waals surface area contributed by atoms with Crippen LogP contribution in [0.25, 0.3) is 0 Å². The molecule has 4 nitrogen and oxygen atoms in total. The molecule has 2 amide bonds. The van der Waals surface area contributed by atoms with Crippen molar-refractivity contribution in [3.8, 4) is 0 Å². The number of hydrogen-bond acceptors (Lipinski definition) is 2. The van der Waals surface area contributed by atoms with E-state index < -0.39 is 6.04 Å². The second kappa shape index (κ2) is 12.5. The third-order valence-corrected chi connectivity index (χ3v) is 6.02. The molecule has 0 aromatic heterocycles. The van der Waals surface area contributed by atoms with Gasteiger partial charge in [0.15, 0.2) is 0 Å². The number of amides is 2. The van der Waals surface area contributed by atoms with Crippen LogP contribution < -0.4 is 5.32 Å². The van der Waals surface area contributed by atoms with E-state index in [1.165, 1.54) is 12.1 Å². The van der Waals surface area contributed by atoms with E-state index >= 15 is 0 Å². The van der Waals surface area contributed by atoms with Crippen LogP contribution in [-0.2, 0) is 29.0 Å². The standard InChI is InChI=1S/C28H30BrFN2O2/c1-20(2)18-31-28(34)26(16-21-6-4-3-5-7-21)32(19-23-8-12-24(29)13-9-23)27(33)17-22-10-14-25(30)15-11-22/h3-15,20,26H,16-19H2,1-2H3,(H,31,34)/t26-/m0/s1. The fourth-order valence-electron chi connectivity index (χ4n) is 3.64. The van der Waals surface area contributed by atoms with Crippen molar-refractivity contribution in [2.24, 2.45) is 5.92 Å². The average molecular weight is 525 g/mol. The lowest BCUT2D eigenvalue weighted by atomic mass is 10.0. The van der Waals surface area contributed by atoms with E-state index in [1.54, 1.807) is 17.0 Å². The zero-order chi connectivity index (χ0) is 24.5. The van der Waals surface area contributed by atoms with Crippen LogP contribution in [0, 0.1) is 11.7 Å². The van der Waals surface area contributed by atoms with Gasteiger partial charge in [-0.05, 0) is 46.9 Å². The molecular weight excluding hydrogens is 495 g/mol. The van der Waals surface area contributed by atoms with Crippen molar-refractivity contribution in [3.05, 3.63) is 106 Å². The Hall–Kier alpha value is -2.99. The summed E-state index contributed by atoms with van der Waals surface area (Å²) in [6.45, 7) is 4.89. The van der Waals surface area contributed by atoms with E-state index in [0.717, 1.165) is 15.6 Å². The summed E-state index contributed by atoms with van der Waals surface area (Å²) in [5, 5.41) is 3.01. The molecule has 0 aliphatic heterocycles. The molecule has 0 spiro atoms. The van der Waals surface area contributed by atoms with Crippen LogP contribution in [0.1, 0.15) is 30.5 Å². The smallest absolute Gasteiger partial charge is 0.243 e. The summed E-state index contributed by atoms with van der Waals surface area (Å²) in [6.07, 6.45) is 0.482. The summed E-state index contributed by atoms with van der Waals surface area (Å²) in [4.78, 5) is 28.6. The minimum Gasteiger partial charge on any atom is -0.354 e. The molecule has 0 unspecified atom stereocenters. The molecule has 0 saturated heterocycles. The van der Waals surface area contributed by atoms with Gasteiger partial charge in [0.05, 0.1) is 6.42 Å². The number of hydrogen-bond donors (Lipinski definition) is 1. The number of benzene rings is 3. The molecule has 0 aliphatic rings. The Bertz CT molecular complexity index is 1070. The monoisotopic (exact) mass is 524 g/mol. The lowest BCUT2D eigenvalue weighted by Crippen LogP contribution is -2.51. The van der Waals surface area contributed by atoms with Gasteiger partial charge in [0.1, 0.15) is 11.9 Å². The van der Waals surface area contributed by atoms with Gasteiger partial charge in [-0.1, -0.05) is 84.4 Å². The molecule has 3 rings (SSSR count).